The first-order chi connectivity index (χ1) is 17.4. The van der Waals surface area contributed by atoms with Crippen LogP contribution in [0.15, 0.2) is 54.7 Å². The van der Waals surface area contributed by atoms with E-state index in [9.17, 15) is 9.59 Å². The van der Waals surface area contributed by atoms with Gasteiger partial charge in [-0.3, -0.25) is 14.5 Å². The zero-order valence-corrected chi connectivity index (χ0v) is 20.7. The van der Waals surface area contributed by atoms with Crippen LogP contribution in [0.4, 0.5) is 5.82 Å². The summed E-state index contributed by atoms with van der Waals surface area (Å²) in [6.07, 6.45) is 4.12. The number of aromatic nitrogens is 2. The van der Waals surface area contributed by atoms with Crippen LogP contribution in [0.3, 0.4) is 0 Å². The fourth-order valence-corrected chi connectivity index (χ4v) is 5.61. The third-order valence-electron chi connectivity index (χ3n) is 7.69. The summed E-state index contributed by atoms with van der Waals surface area (Å²) in [6, 6.07) is 15.8. The van der Waals surface area contributed by atoms with Gasteiger partial charge < -0.3 is 9.64 Å². The molecule has 3 aromatic rings. The third kappa shape index (κ3) is 3.78. The van der Waals surface area contributed by atoms with Crippen molar-refractivity contribution in [3.05, 3.63) is 77.0 Å². The summed E-state index contributed by atoms with van der Waals surface area (Å²) in [5.41, 5.74) is 4.55. The van der Waals surface area contributed by atoms with Crippen molar-refractivity contribution in [3.63, 3.8) is 0 Å². The third-order valence-corrected chi connectivity index (χ3v) is 7.69. The number of nitrogens with zero attached hydrogens (tertiary/aromatic N) is 4. The zero-order valence-electron chi connectivity index (χ0n) is 20.7. The summed E-state index contributed by atoms with van der Waals surface area (Å²) in [6.45, 7) is 6.77. The first-order valence-electron chi connectivity index (χ1n) is 12.7. The largest absolute Gasteiger partial charge is 0.376 e. The van der Waals surface area contributed by atoms with Gasteiger partial charge in [0.25, 0.3) is 5.91 Å². The number of carbonyl (C=O) groups is 2. The van der Waals surface area contributed by atoms with E-state index in [2.05, 4.69) is 24.9 Å². The highest BCUT2D eigenvalue weighted by atomic mass is 16.5. The molecule has 0 atom stereocenters. The summed E-state index contributed by atoms with van der Waals surface area (Å²) >= 11 is 0. The number of hydrogen-bond donors (Lipinski definition) is 0. The van der Waals surface area contributed by atoms with E-state index in [1.807, 2.05) is 47.4 Å². The molecule has 6 rings (SSSR count). The first kappa shape index (κ1) is 22.9. The van der Waals surface area contributed by atoms with Crippen LogP contribution in [0.1, 0.15) is 59.7 Å². The van der Waals surface area contributed by atoms with Crippen molar-refractivity contribution in [1.29, 1.82) is 0 Å². The summed E-state index contributed by atoms with van der Waals surface area (Å²) in [4.78, 5) is 39.2. The van der Waals surface area contributed by atoms with E-state index in [1.54, 1.807) is 11.1 Å². The molecule has 0 radical (unpaired) electrons. The molecule has 0 aliphatic carbocycles. The topological polar surface area (TPSA) is 75.6 Å². The van der Waals surface area contributed by atoms with Crippen molar-refractivity contribution in [1.82, 2.24) is 14.9 Å². The fraction of sp³-hybridized carbons (Fsp3) is 0.379. The van der Waals surface area contributed by atoms with Crippen molar-refractivity contribution in [2.24, 2.45) is 0 Å². The summed E-state index contributed by atoms with van der Waals surface area (Å²) in [5, 5.41) is 0. The Morgan fingerprint density at radius 3 is 2.61 bits per heavy atom. The predicted octanol–water partition coefficient (Wildman–Crippen LogP) is 4.36. The fourth-order valence-electron chi connectivity index (χ4n) is 5.61. The van der Waals surface area contributed by atoms with Crippen LogP contribution in [0.5, 0.6) is 0 Å². The van der Waals surface area contributed by atoms with Gasteiger partial charge in [0.1, 0.15) is 5.82 Å². The van der Waals surface area contributed by atoms with Crippen LogP contribution < -0.4 is 4.90 Å². The van der Waals surface area contributed by atoms with E-state index in [1.165, 1.54) is 5.56 Å². The molecule has 0 bridgehead atoms. The lowest BCUT2D eigenvalue weighted by molar-refractivity contribution is -0.117. The van der Waals surface area contributed by atoms with E-state index in [0.717, 1.165) is 36.1 Å². The van der Waals surface area contributed by atoms with Gasteiger partial charge in [-0.25, -0.2) is 9.97 Å². The van der Waals surface area contributed by atoms with E-state index in [4.69, 9.17) is 9.72 Å². The maximum atomic E-state index is 13.2. The number of anilines is 1. The van der Waals surface area contributed by atoms with E-state index < -0.39 is 0 Å². The van der Waals surface area contributed by atoms with Gasteiger partial charge in [-0.1, -0.05) is 50.2 Å². The van der Waals surface area contributed by atoms with Crippen molar-refractivity contribution in [2.75, 3.05) is 24.7 Å². The van der Waals surface area contributed by atoms with Crippen LogP contribution in [0.25, 0.3) is 11.4 Å². The van der Waals surface area contributed by atoms with E-state index >= 15 is 0 Å². The molecule has 3 aliphatic heterocycles. The van der Waals surface area contributed by atoms with Gasteiger partial charge in [0, 0.05) is 29.4 Å². The number of ether oxygens (including phenoxy) is 1. The standard InChI is InChI=1S/C29H30N4O3/c1-19(2)23-6-3-4-7-24(23)26-30-15-22-14-25(34)32(27(22)31-26)16-20-8-10-21(11-9-20)28(35)33-13-5-12-29(33)17-36-18-29/h3-4,6-11,15,19H,5,12-14,16-18H2,1-2H3. The Balaban J connectivity index is 1.23. The lowest BCUT2D eigenvalue weighted by Crippen LogP contribution is -2.60. The van der Waals surface area contributed by atoms with E-state index in [0.29, 0.717) is 49.3 Å². The number of carbonyl (C=O) groups excluding carboxylic acids is 2. The van der Waals surface area contributed by atoms with Crippen molar-refractivity contribution in [2.45, 2.75) is 51.1 Å². The molecular weight excluding hydrogens is 452 g/mol. The van der Waals surface area contributed by atoms with Gasteiger partial charge in [0.2, 0.25) is 5.91 Å². The molecule has 1 spiro atoms. The number of fused-ring (bicyclic) bond motifs is 1. The molecular formula is C29H30N4O3. The lowest BCUT2D eigenvalue weighted by Gasteiger charge is -2.45. The van der Waals surface area contributed by atoms with Gasteiger partial charge in [-0.2, -0.15) is 0 Å². The monoisotopic (exact) mass is 482 g/mol. The second kappa shape index (κ2) is 8.82. The average Bonchev–Trinajstić information content (AvgIpc) is 3.45. The molecule has 36 heavy (non-hydrogen) atoms. The number of hydrogen-bond acceptors (Lipinski definition) is 5. The molecule has 1 aromatic heterocycles. The molecule has 184 valence electrons. The normalized spacial score (nSPS) is 18.1. The Labute approximate surface area is 211 Å². The highest BCUT2D eigenvalue weighted by molar-refractivity contribution is 6.00. The molecule has 0 N–H and O–H groups in total. The molecule has 2 saturated heterocycles. The minimum atomic E-state index is -0.104. The van der Waals surface area contributed by atoms with Gasteiger partial charge in [-0.05, 0) is 42.0 Å². The summed E-state index contributed by atoms with van der Waals surface area (Å²) < 4.78 is 5.42. The Hall–Kier alpha value is -3.58. The maximum absolute atomic E-state index is 13.2. The van der Waals surface area contributed by atoms with E-state index in [-0.39, 0.29) is 17.4 Å². The van der Waals surface area contributed by atoms with Crippen LogP contribution in [0, 0.1) is 0 Å². The summed E-state index contributed by atoms with van der Waals surface area (Å²) in [5.74, 6) is 1.72. The molecule has 0 saturated carbocycles. The van der Waals surface area contributed by atoms with Crippen molar-refractivity contribution in [3.8, 4) is 11.4 Å². The quantitative estimate of drug-likeness (QED) is 0.540. The number of amides is 2. The Morgan fingerprint density at radius 2 is 1.89 bits per heavy atom. The SMILES string of the molecule is CC(C)c1ccccc1-c1ncc2c(n1)N(Cc1ccc(C(=O)N3CCCC34COC4)cc1)C(=O)C2. The van der Waals surface area contributed by atoms with Crippen LogP contribution in [-0.2, 0) is 22.5 Å². The van der Waals surface area contributed by atoms with Gasteiger partial charge in [-0.15, -0.1) is 0 Å². The highest BCUT2D eigenvalue weighted by Gasteiger charge is 2.49. The Morgan fingerprint density at radius 1 is 1.11 bits per heavy atom. The molecule has 7 nitrogen and oxygen atoms in total. The summed E-state index contributed by atoms with van der Waals surface area (Å²) in [7, 11) is 0. The Kier molecular flexibility index (Phi) is 5.60. The van der Waals surface area contributed by atoms with Crippen LogP contribution >= 0.6 is 0 Å². The van der Waals surface area contributed by atoms with Crippen molar-refractivity contribution < 1.29 is 14.3 Å². The smallest absolute Gasteiger partial charge is 0.254 e. The van der Waals surface area contributed by atoms with Gasteiger partial charge in [0.05, 0.1) is 31.7 Å². The molecule has 0 unspecified atom stereocenters. The first-order valence-corrected chi connectivity index (χ1v) is 12.7. The minimum absolute atomic E-state index is 0.0118. The number of rotatable bonds is 5. The van der Waals surface area contributed by atoms with Gasteiger partial charge >= 0.3 is 0 Å². The number of benzene rings is 2. The predicted molar refractivity (Wildman–Crippen MR) is 137 cm³/mol. The minimum Gasteiger partial charge on any atom is -0.376 e. The van der Waals surface area contributed by atoms with Gasteiger partial charge in [0.15, 0.2) is 5.82 Å². The second-order valence-corrected chi connectivity index (χ2v) is 10.4. The van der Waals surface area contributed by atoms with Crippen LogP contribution in [0.2, 0.25) is 0 Å². The maximum Gasteiger partial charge on any atom is 0.254 e. The molecule has 7 heteroatoms. The highest BCUT2D eigenvalue weighted by Crippen LogP contribution is 2.37. The number of likely N-dealkylation sites (tertiary alicyclic amines) is 1. The average molecular weight is 483 g/mol. The van der Waals surface area contributed by atoms with Crippen LogP contribution in [-0.4, -0.2) is 52.0 Å². The van der Waals surface area contributed by atoms with Crippen molar-refractivity contribution >= 4 is 17.6 Å². The second-order valence-electron chi connectivity index (χ2n) is 10.4. The molecule has 2 fully saturated rings. The molecule has 2 amide bonds. The lowest BCUT2D eigenvalue weighted by atomic mass is 9.93. The Bertz CT molecular complexity index is 1330. The molecule has 2 aromatic carbocycles. The zero-order chi connectivity index (χ0) is 24.9. The molecule has 3 aliphatic rings. The molecule has 4 heterocycles.